The molecule has 0 aliphatic heterocycles. The predicted octanol–water partition coefficient (Wildman–Crippen LogP) is 3.67. The molecule has 1 aromatic carbocycles. The minimum absolute atomic E-state index is 0.0236. The molecule has 0 bridgehead atoms. The SMILES string of the molecule is Cc1ccc(C)c([C@H](C)NC(=O)CSc2ccncc2)c1. The third-order valence-electron chi connectivity index (χ3n) is 3.30. The molecule has 2 aromatic rings. The second kappa shape index (κ2) is 7.27. The van der Waals surface area contributed by atoms with Crippen molar-refractivity contribution in [3.63, 3.8) is 0 Å². The molecule has 0 aliphatic rings. The molecule has 1 atom stereocenters. The summed E-state index contributed by atoms with van der Waals surface area (Å²) in [5, 5.41) is 3.06. The number of carbonyl (C=O) groups is 1. The number of nitrogens with zero attached hydrogens (tertiary/aromatic N) is 1. The maximum atomic E-state index is 12.0. The van der Waals surface area contributed by atoms with E-state index in [1.165, 1.54) is 28.5 Å². The van der Waals surface area contributed by atoms with Crippen molar-refractivity contribution in [2.45, 2.75) is 31.7 Å². The number of benzene rings is 1. The first-order valence-electron chi connectivity index (χ1n) is 6.95. The van der Waals surface area contributed by atoms with Crippen LogP contribution in [0, 0.1) is 13.8 Å². The van der Waals surface area contributed by atoms with Gasteiger partial charge in [-0.3, -0.25) is 9.78 Å². The van der Waals surface area contributed by atoms with Gasteiger partial charge in [0.25, 0.3) is 0 Å². The molecule has 3 nitrogen and oxygen atoms in total. The molecule has 110 valence electrons. The van der Waals surface area contributed by atoms with Crippen molar-refractivity contribution in [1.82, 2.24) is 10.3 Å². The Morgan fingerprint density at radius 1 is 1.24 bits per heavy atom. The van der Waals surface area contributed by atoms with Crippen molar-refractivity contribution in [3.8, 4) is 0 Å². The standard InChI is InChI=1S/C17H20N2OS/c1-12-4-5-13(2)16(10-12)14(3)19-17(20)11-21-15-6-8-18-9-7-15/h4-10,14H,11H2,1-3H3,(H,19,20)/t14-/m0/s1. The van der Waals surface area contributed by atoms with Crippen LogP contribution in [0.3, 0.4) is 0 Å². The molecule has 4 heteroatoms. The lowest BCUT2D eigenvalue weighted by molar-refractivity contribution is -0.119. The van der Waals surface area contributed by atoms with E-state index in [2.05, 4.69) is 42.3 Å². The number of amides is 1. The molecule has 1 N–H and O–H groups in total. The Morgan fingerprint density at radius 3 is 2.67 bits per heavy atom. The molecule has 0 saturated carbocycles. The van der Waals surface area contributed by atoms with Gasteiger partial charge in [-0.2, -0.15) is 0 Å². The first kappa shape index (κ1) is 15.6. The van der Waals surface area contributed by atoms with E-state index in [0.29, 0.717) is 5.75 Å². The van der Waals surface area contributed by atoms with Gasteiger partial charge >= 0.3 is 0 Å². The van der Waals surface area contributed by atoms with Gasteiger partial charge in [-0.25, -0.2) is 0 Å². The average Bonchev–Trinajstić information content (AvgIpc) is 2.48. The van der Waals surface area contributed by atoms with Gasteiger partial charge in [0.1, 0.15) is 0 Å². The zero-order valence-corrected chi connectivity index (χ0v) is 13.4. The second-order valence-corrected chi connectivity index (χ2v) is 6.17. The van der Waals surface area contributed by atoms with Gasteiger partial charge in [0.15, 0.2) is 0 Å². The van der Waals surface area contributed by atoms with Gasteiger partial charge in [-0.05, 0) is 44.0 Å². The molecule has 0 aliphatic carbocycles. The van der Waals surface area contributed by atoms with Gasteiger partial charge in [0, 0.05) is 17.3 Å². The quantitative estimate of drug-likeness (QED) is 0.857. The van der Waals surface area contributed by atoms with E-state index in [-0.39, 0.29) is 11.9 Å². The number of thioether (sulfide) groups is 1. The number of nitrogens with one attached hydrogen (secondary N) is 1. The van der Waals surface area contributed by atoms with E-state index in [4.69, 9.17) is 0 Å². The summed E-state index contributed by atoms with van der Waals surface area (Å²) < 4.78 is 0. The number of rotatable bonds is 5. The van der Waals surface area contributed by atoms with Crippen molar-refractivity contribution in [3.05, 3.63) is 59.4 Å². The normalized spacial score (nSPS) is 12.0. The predicted molar refractivity (Wildman–Crippen MR) is 87.4 cm³/mol. The summed E-state index contributed by atoms with van der Waals surface area (Å²) in [5.41, 5.74) is 3.59. The molecule has 1 amide bonds. The highest BCUT2D eigenvalue weighted by molar-refractivity contribution is 8.00. The summed E-state index contributed by atoms with van der Waals surface area (Å²) in [6.07, 6.45) is 3.47. The van der Waals surface area contributed by atoms with Crippen LogP contribution >= 0.6 is 11.8 Å². The molecule has 1 heterocycles. The van der Waals surface area contributed by atoms with Crippen LogP contribution in [0.2, 0.25) is 0 Å². The van der Waals surface area contributed by atoms with Crippen molar-refractivity contribution >= 4 is 17.7 Å². The average molecular weight is 300 g/mol. The Kier molecular flexibility index (Phi) is 5.39. The monoisotopic (exact) mass is 300 g/mol. The molecular formula is C17H20N2OS. The van der Waals surface area contributed by atoms with Crippen molar-refractivity contribution in [2.24, 2.45) is 0 Å². The zero-order chi connectivity index (χ0) is 15.2. The lowest BCUT2D eigenvalue weighted by atomic mass is 10.00. The van der Waals surface area contributed by atoms with Crippen LogP contribution in [0.5, 0.6) is 0 Å². The second-order valence-electron chi connectivity index (χ2n) is 5.12. The first-order chi connectivity index (χ1) is 10.1. The molecule has 1 aromatic heterocycles. The van der Waals surface area contributed by atoms with Crippen LogP contribution in [0.25, 0.3) is 0 Å². The topological polar surface area (TPSA) is 42.0 Å². The summed E-state index contributed by atoms with van der Waals surface area (Å²) in [5.74, 6) is 0.462. The molecule has 0 spiro atoms. The van der Waals surface area contributed by atoms with E-state index < -0.39 is 0 Å². The maximum Gasteiger partial charge on any atom is 0.230 e. The van der Waals surface area contributed by atoms with Crippen molar-refractivity contribution in [1.29, 1.82) is 0 Å². The Bertz CT molecular complexity index is 613. The minimum Gasteiger partial charge on any atom is -0.349 e. The largest absolute Gasteiger partial charge is 0.349 e. The molecule has 2 rings (SSSR count). The van der Waals surface area contributed by atoms with Gasteiger partial charge in [-0.1, -0.05) is 23.8 Å². The summed E-state index contributed by atoms with van der Waals surface area (Å²) in [4.78, 5) is 17.1. The highest BCUT2D eigenvalue weighted by atomic mass is 32.2. The van der Waals surface area contributed by atoms with Crippen LogP contribution in [0.1, 0.15) is 29.7 Å². The lowest BCUT2D eigenvalue weighted by Crippen LogP contribution is -2.28. The molecule has 21 heavy (non-hydrogen) atoms. The number of aryl methyl sites for hydroxylation is 2. The maximum absolute atomic E-state index is 12.0. The van der Waals surface area contributed by atoms with Gasteiger partial charge < -0.3 is 5.32 Å². The Hall–Kier alpha value is -1.81. The Labute approximate surface area is 130 Å². The fraction of sp³-hybridized carbons (Fsp3) is 0.294. The van der Waals surface area contributed by atoms with Gasteiger partial charge in [0.2, 0.25) is 5.91 Å². The van der Waals surface area contributed by atoms with E-state index in [1.54, 1.807) is 12.4 Å². The molecule has 0 fully saturated rings. The van der Waals surface area contributed by atoms with Gasteiger partial charge in [-0.15, -0.1) is 11.8 Å². The highest BCUT2D eigenvalue weighted by Gasteiger charge is 2.12. The van der Waals surface area contributed by atoms with Crippen LogP contribution < -0.4 is 5.32 Å². The van der Waals surface area contributed by atoms with E-state index in [9.17, 15) is 4.79 Å². The van der Waals surface area contributed by atoms with E-state index >= 15 is 0 Å². The van der Waals surface area contributed by atoms with Crippen molar-refractivity contribution in [2.75, 3.05) is 5.75 Å². The third-order valence-corrected chi connectivity index (χ3v) is 4.31. The van der Waals surface area contributed by atoms with Crippen LogP contribution in [-0.4, -0.2) is 16.6 Å². The highest BCUT2D eigenvalue weighted by Crippen LogP contribution is 2.20. The van der Waals surface area contributed by atoms with Crippen LogP contribution in [0.15, 0.2) is 47.6 Å². The molecule has 0 saturated heterocycles. The number of hydrogen-bond donors (Lipinski definition) is 1. The summed E-state index contributed by atoms with van der Waals surface area (Å²) in [6.45, 7) is 6.16. The number of aromatic nitrogens is 1. The molecular weight excluding hydrogens is 280 g/mol. The van der Waals surface area contributed by atoms with Crippen molar-refractivity contribution < 1.29 is 4.79 Å². The summed E-state index contributed by atoms with van der Waals surface area (Å²) in [6, 6.07) is 10.2. The van der Waals surface area contributed by atoms with E-state index in [1.807, 2.05) is 19.1 Å². The number of carbonyl (C=O) groups excluding carboxylic acids is 1. The fourth-order valence-electron chi connectivity index (χ4n) is 2.17. The number of pyridine rings is 1. The first-order valence-corrected chi connectivity index (χ1v) is 7.94. The molecule has 0 radical (unpaired) electrons. The Morgan fingerprint density at radius 2 is 1.95 bits per heavy atom. The zero-order valence-electron chi connectivity index (χ0n) is 12.6. The number of hydrogen-bond acceptors (Lipinski definition) is 3. The van der Waals surface area contributed by atoms with Crippen LogP contribution in [-0.2, 0) is 4.79 Å². The smallest absolute Gasteiger partial charge is 0.230 e. The van der Waals surface area contributed by atoms with Crippen LogP contribution in [0.4, 0.5) is 0 Å². The lowest BCUT2D eigenvalue weighted by Gasteiger charge is -2.17. The minimum atomic E-state index is 0.0236. The summed E-state index contributed by atoms with van der Waals surface area (Å²) >= 11 is 1.52. The van der Waals surface area contributed by atoms with Gasteiger partial charge in [0.05, 0.1) is 11.8 Å². The molecule has 0 unspecified atom stereocenters. The third kappa shape index (κ3) is 4.60. The Balaban J connectivity index is 1.91. The van der Waals surface area contributed by atoms with E-state index in [0.717, 1.165) is 4.90 Å². The fourth-order valence-corrected chi connectivity index (χ4v) is 2.87. The summed E-state index contributed by atoms with van der Waals surface area (Å²) in [7, 11) is 0.